The fourth-order valence-electron chi connectivity index (χ4n) is 4.62. The molecule has 1 N–H and O–H groups in total. The van der Waals surface area contributed by atoms with Crippen LogP contribution in [0.3, 0.4) is 0 Å². The van der Waals surface area contributed by atoms with E-state index in [1.165, 1.54) is 5.57 Å². The van der Waals surface area contributed by atoms with Crippen LogP contribution in [0.25, 0.3) is 0 Å². The molecule has 2 atom stereocenters. The van der Waals surface area contributed by atoms with Crippen LogP contribution in [0.15, 0.2) is 11.6 Å². The van der Waals surface area contributed by atoms with Crippen LogP contribution >= 0.6 is 0 Å². The summed E-state index contributed by atoms with van der Waals surface area (Å²) in [7, 11) is 0. The molecule has 4 nitrogen and oxygen atoms in total. The average Bonchev–Trinajstić information content (AvgIpc) is 2.47. The molecule has 0 aliphatic heterocycles. The Kier molecular flexibility index (Phi) is 4.28. The molecule has 22 heavy (non-hydrogen) atoms. The highest BCUT2D eigenvalue weighted by Crippen LogP contribution is 2.49. The normalized spacial score (nSPS) is 38.0. The van der Waals surface area contributed by atoms with Crippen molar-refractivity contribution in [2.75, 3.05) is 0 Å². The summed E-state index contributed by atoms with van der Waals surface area (Å²) in [6.45, 7) is 2.19. The van der Waals surface area contributed by atoms with Crippen LogP contribution in [0.1, 0.15) is 64.7 Å². The summed E-state index contributed by atoms with van der Waals surface area (Å²) in [6, 6.07) is 0. The second kappa shape index (κ2) is 6.05. The van der Waals surface area contributed by atoms with E-state index in [0.29, 0.717) is 31.6 Å². The van der Waals surface area contributed by atoms with E-state index in [1.807, 2.05) is 0 Å². The van der Waals surface area contributed by atoms with Gasteiger partial charge >= 0.3 is 11.9 Å². The first kappa shape index (κ1) is 15.6. The summed E-state index contributed by atoms with van der Waals surface area (Å²) in [4.78, 5) is 23.8. The van der Waals surface area contributed by atoms with Crippen molar-refractivity contribution < 1.29 is 19.4 Å². The van der Waals surface area contributed by atoms with Crippen molar-refractivity contribution in [3.63, 3.8) is 0 Å². The Bertz CT molecular complexity index is 487. The number of rotatable bonds is 3. The minimum Gasteiger partial charge on any atom is -0.481 e. The second-order valence-corrected chi connectivity index (χ2v) is 7.53. The number of carbonyl (C=O) groups is 2. The average molecular weight is 306 g/mol. The van der Waals surface area contributed by atoms with E-state index in [2.05, 4.69) is 13.0 Å². The molecule has 2 unspecified atom stereocenters. The summed E-state index contributed by atoms with van der Waals surface area (Å²) in [5.41, 5.74) is 1.13. The molecule has 0 heterocycles. The van der Waals surface area contributed by atoms with Gasteiger partial charge in [-0.1, -0.05) is 18.6 Å². The predicted octanol–water partition coefficient (Wildman–Crippen LogP) is 3.70. The molecular weight excluding hydrogens is 280 g/mol. The predicted molar refractivity (Wildman–Crippen MR) is 82.2 cm³/mol. The lowest BCUT2D eigenvalue weighted by atomic mass is 9.63. The molecule has 3 rings (SSSR count). The molecule has 2 bridgehead atoms. The van der Waals surface area contributed by atoms with E-state index in [4.69, 9.17) is 9.84 Å². The highest BCUT2D eigenvalue weighted by Gasteiger charge is 2.46. The van der Waals surface area contributed by atoms with Crippen LogP contribution in [0.2, 0.25) is 0 Å². The maximum absolute atomic E-state index is 12.8. The fraction of sp³-hybridized carbons (Fsp3) is 0.778. The molecule has 0 aromatic rings. The number of carboxylic acid groups (broad SMARTS) is 1. The van der Waals surface area contributed by atoms with Crippen molar-refractivity contribution in [2.24, 2.45) is 17.3 Å². The van der Waals surface area contributed by atoms with Gasteiger partial charge in [-0.15, -0.1) is 0 Å². The third kappa shape index (κ3) is 3.06. The molecule has 3 aliphatic carbocycles. The Morgan fingerprint density at radius 1 is 1.27 bits per heavy atom. The quantitative estimate of drug-likeness (QED) is 0.638. The highest BCUT2D eigenvalue weighted by atomic mass is 16.5. The lowest BCUT2D eigenvalue weighted by Crippen LogP contribution is -2.41. The molecule has 0 aromatic heterocycles. The summed E-state index contributed by atoms with van der Waals surface area (Å²) in [5, 5.41) is 9.04. The van der Waals surface area contributed by atoms with Gasteiger partial charge in [0.2, 0.25) is 0 Å². The molecule has 3 aliphatic rings. The third-order valence-corrected chi connectivity index (χ3v) is 5.68. The number of hydrogen-bond acceptors (Lipinski definition) is 3. The zero-order chi connectivity index (χ0) is 15.7. The monoisotopic (exact) mass is 306 g/mol. The Morgan fingerprint density at radius 2 is 2.00 bits per heavy atom. The maximum Gasteiger partial charge on any atom is 0.312 e. The smallest absolute Gasteiger partial charge is 0.312 e. The standard InChI is InChI=1S/C18H26O4/c1-12-9-13-3-2-8-18(10-12,11-13)17(21)22-15-6-4-14(5-7-15)16(19)20/h9,12,14-15H,2-8,10-11H2,1H3,(H,19,20). The lowest BCUT2D eigenvalue weighted by Gasteiger charge is -2.42. The summed E-state index contributed by atoms with van der Waals surface area (Å²) < 4.78 is 5.82. The minimum atomic E-state index is -0.716. The Hall–Kier alpha value is -1.32. The number of fused-ring (bicyclic) bond motifs is 2. The summed E-state index contributed by atoms with van der Waals surface area (Å²) >= 11 is 0. The molecule has 4 heteroatoms. The molecule has 0 amide bonds. The van der Waals surface area contributed by atoms with E-state index in [-0.39, 0.29) is 23.4 Å². The zero-order valence-corrected chi connectivity index (χ0v) is 13.3. The Labute approximate surface area is 131 Å². The van der Waals surface area contributed by atoms with Crippen LogP contribution in [-0.4, -0.2) is 23.1 Å². The van der Waals surface area contributed by atoms with E-state index in [9.17, 15) is 9.59 Å². The zero-order valence-electron chi connectivity index (χ0n) is 13.3. The molecule has 0 spiro atoms. The molecule has 0 saturated heterocycles. The molecule has 2 fully saturated rings. The van der Waals surface area contributed by atoms with E-state index >= 15 is 0 Å². The van der Waals surface area contributed by atoms with Gasteiger partial charge in [0.25, 0.3) is 0 Å². The third-order valence-electron chi connectivity index (χ3n) is 5.68. The van der Waals surface area contributed by atoms with Gasteiger partial charge in [-0.2, -0.15) is 0 Å². The topological polar surface area (TPSA) is 63.6 Å². The Morgan fingerprint density at radius 3 is 2.68 bits per heavy atom. The summed E-state index contributed by atoms with van der Waals surface area (Å²) in [6.07, 6.45) is 9.82. The second-order valence-electron chi connectivity index (χ2n) is 7.53. The van der Waals surface area contributed by atoms with Crippen LogP contribution < -0.4 is 0 Å². The van der Waals surface area contributed by atoms with E-state index in [1.54, 1.807) is 0 Å². The number of allylic oxidation sites excluding steroid dienone is 2. The molecule has 0 aromatic carbocycles. The van der Waals surface area contributed by atoms with E-state index in [0.717, 1.165) is 32.1 Å². The number of esters is 1. The van der Waals surface area contributed by atoms with Crippen molar-refractivity contribution in [1.29, 1.82) is 0 Å². The number of aliphatic carboxylic acids is 1. The van der Waals surface area contributed by atoms with Gasteiger partial charge in [-0.25, -0.2) is 0 Å². The van der Waals surface area contributed by atoms with Gasteiger partial charge in [0.15, 0.2) is 0 Å². The molecule has 2 saturated carbocycles. The van der Waals surface area contributed by atoms with Gasteiger partial charge in [0, 0.05) is 0 Å². The van der Waals surface area contributed by atoms with Crippen molar-refractivity contribution in [2.45, 2.75) is 70.8 Å². The first-order valence-corrected chi connectivity index (χ1v) is 8.62. The van der Waals surface area contributed by atoms with Crippen molar-refractivity contribution in [1.82, 2.24) is 0 Å². The lowest BCUT2D eigenvalue weighted by molar-refractivity contribution is -0.167. The maximum atomic E-state index is 12.8. The van der Waals surface area contributed by atoms with E-state index < -0.39 is 5.97 Å². The van der Waals surface area contributed by atoms with Gasteiger partial charge < -0.3 is 9.84 Å². The fourth-order valence-corrected chi connectivity index (χ4v) is 4.62. The van der Waals surface area contributed by atoms with Gasteiger partial charge in [0.1, 0.15) is 6.10 Å². The first-order chi connectivity index (χ1) is 10.5. The number of ether oxygens (including phenoxy) is 1. The van der Waals surface area contributed by atoms with Gasteiger partial charge in [-0.05, 0) is 63.7 Å². The molecular formula is C18H26O4. The van der Waals surface area contributed by atoms with Gasteiger partial charge in [0.05, 0.1) is 11.3 Å². The van der Waals surface area contributed by atoms with Crippen molar-refractivity contribution >= 4 is 11.9 Å². The number of carbonyl (C=O) groups excluding carboxylic acids is 1. The molecule has 0 radical (unpaired) electrons. The SMILES string of the molecule is CC1C=C2CCCC(C(=O)OC3CCC(C(=O)O)CC3)(C2)C1. The van der Waals surface area contributed by atoms with Gasteiger partial charge in [-0.3, -0.25) is 9.59 Å². The van der Waals surface area contributed by atoms with Crippen LogP contribution in [0.4, 0.5) is 0 Å². The number of hydrogen-bond donors (Lipinski definition) is 1. The minimum absolute atomic E-state index is 0.0246. The Balaban J connectivity index is 1.60. The van der Waals surface area contributed by atoms with Crippen molar-refractivity contribution in [3.05, 3.63) is 11.6 Å². The van der Waals surface area contributed by atoms with Crippen LogP contribution in [0, 0.1) is 17.3 Å². The molecule has 122 valence electrons. The summed E-state index contributed by atoms with van der Waals surface area (Å²) in [5.74, 6) is -0.540. The van der Waals surface area contributed by atoms with Crippen molar-refractivity contribution in [3.8, 4) is 0 Å². The first-order valence-electron chi connectivity index (χ1n) is 8.62. The van der Waals surface area contributed by atoms with Crippen LogP contribution in [0.5, 0.6) is 0 Å². The van der Waals surface area contributed by atoms with Crippen LogP contribution in [-0.2, 0) is 14.3 Å². The number of carboxylic acids is 1. The highest BCUT2D eigenvalue weighted by molar-refractivity contribution is 5.78. The largest absolute Gasteiger partial charge is 0.481 e.